The zero-order chi connectivity index (χ0) is 15.7. The maximum absolute atomic E-state index is 5.74. The molecule has 0 fully saturated rings. The van der Waals surface area contributed by atoms with Crippen LogP contribution in [0.3, 0.4) is 0 Å². The van der Waals surface area contributed by atoms with E-state index in [1.54, 1.807) is 12.4 Å². The zero-order valence-electron chi connectivity index (χ0n) is 13.0. The summed E-state index contributed by atoms with van der Waals surface area (Å²) in [6.07, 6.45) is 4.29. The Kier molecular flexibility index (Phi) is 6.88. The summed E-state index contributed by atoms with van der Waals surface area (Å²) >= 11 is 0. The van der Waals surface area contributed by atoms with Gasteiger partial charge in [-0.05, 0) is 29.3 Å². The van der Waals surface area contributed by atoms with Gasteiger partial charge in [-0.2, -0.15) is 0 Å². The lowest BCUT2D eigenvalue weighted by molar-refractivity contribution is 1.24. The van der Waals surface area contributed by atoms with Gasteiger partial charge in [-0.25, -0.2) is 4.99 Å². The van der Waals surface area contributed by atoms with Crippen molar-refractivity contribution in [1.29, 1.82) is 0 Å². The molecule has 1 aromatic heterocycles. The standard InChI is InChI=1S/C16H17N3.C2H6/c1-3-16(17)19-12(2)14-5-4-6-15(11-14)13-7-9-18-10-8-13;1-2/h4-11H,2-3H2,1H3,(H2,17,19);1-2H3. The number of hydrogen-bond acceptors (Lipinski definition) is 2. The molecule has 2 rings (SSSR count). The highest BCUT2D eigenvalue weighted by Crippen LogP contribution is 2.23. The maximum Gasteiger partial charge on any atom is 0.0993 e. The highest BCUT2D eigenvalue weighted by Gasteiger charge is 2.02. The Morgan fingerprint density at radius 2 is 1.81 bits per heavy atom. The van der Waals surface area contributed by atoms with Gasteiger partial charge < -0.3 is 5.73 Å². The van der Waals surface area contributed by atoms with Gasteiger partial charge in [-0.1, -0.05) is 45.5 Å². The summed E-state index contributed by atoms with van der Waals surface area (Å²) in [7, 11) is 0. The van der Waals surface area contributed by atoms with Crippen molar-refractivity contribution in [3.8, 4) is 11.1 Å². The van der Waals surface area contributed by atoms with Gasteiger partial charge in [0.1, 0.15) is 0 Å². The summed E-state index contributed by atoms with van der Waals surface area (Å²) in [5.41, 5.74) is 9.65. The van der Waals surface area contributed by atoms with Gasteiger partial charge >= 0.3 is 0 Å². The molecule has 0 spiro atoms. The second kappa shape index (κ2) is 8.69. The fraction of sp³-hybridized carbons (Fsp3) is 0.222. The number of nitrogens with zero attached hydrogens (tertiary/aromatic N) is 2. The molecule has 0 radical (unpaired) electrons. The molecule has 21 heavy (non-hydrogen) atoms. The van der Waals surface area contributed by atoms with E-state index in [1.165, 1.54) is 0 Å². The summed E-state index contributed by atoms with van der Waals surface area (Å²) in [5.74, 6) is 0.597. The Bertz CT molecular complexity index is 601. The molecule has 3 nitrogen and oxygen atoms in total. The lowest BCUT2D eigenvalue weighted by atomic mass is 10.0. The average molecular weight is 281 g/mol. The van der Waals surface area contributed by atoms with Crippen LogP contribution >= 0.6 is 0 Å². The zero-order valence-corrected chi connectivity index (χ0v) is 13.0. The van der Waals surface area contributed by atoms with Crippen molar-refractivity contribution in [3.05, 3.63) is 60.9 Å². The first-order valence-electron chi connectivity index (χ1n) is 7.23. The molecular weight excluding hydrogens is 258 g/mol. The Balaban J connectivity index is 0.00000106. The number of aromatic nitrogens is 1. The van der Waals surface area contributed by atoms with E-state index in [0.717, 1.165) is 23.1 Å². The predicted molar refractivity (Wildman–Crippen MR) is 92.0 cm³/mol. The molecule has 2 N–H and O–H groups in total. The molecule has 0 aliphatic heterocycles. The lowest BCUT2D eigenvalue weighted by Crippen LogP contribution is -2.09. The van der Waals surface area contributed by atoms with Crippen molar-refractivity contribution in [3.63, 3.8) is 0 Å². The number of rotatable bonds is 4. The van der Waals surface area contributed by atoms with Crippen molar-refractivity contribution in [1.82, 2.24) is 4.98 Å². The van der Waals surface area contributed by atoms with Crippen LogP contribution in [0.4, 0.5) is 0 Å². The second-order valence-corrected chi connectivity index (χ2v) is 4.22. The van der Waals surface area contributed by atoms with Gasteiger partial charge in [-0.15, -0.1) is 0 Å². The minimum absolute atomic E-state index is 0.597. The number of pyridine rings is 1. The van der Waals surface area contributed by atoms with E-state index in [0.29, 0.717) is 11.5 Å². The summed E-state index contributed by atoms with van der Waals surface area (Å²) < 4.78 is 0. The molecule has 3 heteroatoms. The molecule has 1 heterocycles. The number of nitrogens with two attached hydrogens (primary N) is 1. The molecule has 110 valence electrons. The van der Waals surface area contributed by atoms with Crippen LogP contribution in [-0.4, -0.2) is 10.8 Å². The fourth-order valence-electron chi connectivity index (χ4n) is 1.74. The first-order valence-corrected chi connectivity index (χ1v) is 7.23. The van der Waals surface area contributed by atoms with Crippen LogP contribution in [0.1, 0.15) is 32.8 Å². The van der Waals surface area contributed by atoms with E-state index in [1.807, 2.05) is 45.0 Å². The first kappa shape index (κ1) is 16.6. The first-order chi connectivity index (χ1) is 10.2. The van der Waals surface area contributed by atoms with Crippen molar-refractivity contribution in [2.24, 2.45) is 10.7 Å². The molecule has 2 aromatic rings. The van der Waals surface area contributed by atoms with E-state index in [9.17, 15) is 0 Å². The van der Waals surface area contributed by atoms with E-state index in [-0.39, 0.29) is 0 Å². The Hall–Kier alpha value is -2.42. The van der Waals surface area contributed by atoms with Crippen LogP contribution in [0.2, 0.25) is 0 Å². The highest BCUT2D eigenvalue weighted by atomic mass is 14.9. The number of amidine groups is 1. The van der Waals surface area contributed by atoms with Crippen LogP contribution < -0.4 is 5.73 Å². The Labute approximate surface area is 127 Å². The van der Waals surface area contributed by atoms with Gasteiger partial charge in [0.25, 0.3) is 0 Å². The SMILES string of the molecule is C=C(N=C(N)CC)c1cccc(-c2ccncc2)c1.CC. The Morgan fingerprint density at radius 3 is 2.43 bits per heavy atom. The van der Waals surface area contributed by atoms with Crippen LogP contribution in [-0.2, 0) is 0 Å². The molecule has 0 amide bonds. The predicted octanol–water partition coefficient (Wildman–Crippen LogP) is 4.51. The quantitative estimate of drug-likeness (QED) is 0.662. The maximum atomic E-state index is 5.74. The van der Waals surface area contributed by atoms with E-state index < -0.39 is 0 Å². The molecule has 0 atom stereocenters. The van der Waals surface area contributed by atoms with Crippen molar-refractivity contribution in [2.75, 3.05) is 0 Å². The molecule has 0 saturated carbocycles. The summed E-state index contributed by atoms with van der Waals surface area (Å²) in [4.78, 5) is 8.31. The summed E-state index contributed by atoms with van der Waals surface area (Å²) in [6.45, 7) is 9.94. The van der Waals surface area contributed by atoms with E-state index in [2.05, 4.69) is 28.7 Å². The normalized spacial score (nSPS) is 10.5. The van der Waals surface area contributed by atoms with Crippen LogP contribution in [0.5, 0.6) is 0 Å². The number of hydrogen-bond donors (Lipinski definition) is 1. The van der Waals surface area contributed by atoms with Gasteiger partial charge in [0, 0.05) is 24.4 Å². The van der Waals surface area contributed by atoms with E-state index in [4.69, 9.17) is 5.73 Å². The third-order valence-electron chi connectivity index (χ3n) is 2.85. The molecule has 0 bridgehead atoms. The van der Waals surface area contributed by atoms with Gasteiger partial charge in [0.2, 0.25) is 0 Å². The molecule has 1 aromatic carbocycles. The summed E-state index contributed by atoms with van der Waals surface area (Å²) in [6, 6.07) is 12.0. The molecule has 0 aliphatic rings. The largest absolute Gasteiger partial charge is 0.387 e. The number of benzene rings is 1. The average Bonchev–Trinajstić information content (AvgIpc) is 2.57. The van der Waals surface area contributed by atoms with Crippen molar-refractivity contribution >= 4 is 11.5 Å². The molecular formula is C18H23N3. The molecule has 0 saturated heterocycles. The third-order valence-corrected chi connectivity index (χ3v) is 2.85. The fourth-order valence-corrected chi connectivity index (χ4v) is 1.74. The van der Waals surface area contributed by atoms with Gasteiger partial charge in [-0.3, -0.25) is 4.98 Å². The van der Waals surface area contributed by atoms with Crippen LogP contribution in [0.15, 0.2) is 60.4 Å². The highest BCUT2D eigenvalue weighted by molar-refractivity contribution is 5.86. The van der Waals surface area contributed by atoms with E-state index >= 15 is 0 Å². The summed E-state index contributed by atoms with van der Waals surface area (Å²) in [5, 5.41) is 0. The minimum atomic E-state index is 0.597. The van der Waals surface area contributed by atoms with Crippen LogP contribution in [0, 0.1) is 0 Å². The smallest absolute Gasteiger partial charge is 0.0993 e. The second-order valence-electron chi connectivity index (χ2n) is 4.22. The Morgan fingerprint density at radius 1 is 1.14 bits per heavy atom. The van der Waals surface area contributed by atoms with Gasteiger partial charge in [0.15, 0.2) is 0 Å². The van der Waals surface area contributed by atoms with Crippen molar-refractivity contribution < 1.29 is 0 Å². The van der Waals surface area contributed by atoms with Gasteiger partial charge in [0.05, 0.1) is 11.5 Å². The third kappa shape index (κ3) is 4.88. The molecule has 0 unspecified atom stereocenters. The lowest BCUT2D eigenvalue weighted by Gasteiger charge is -2.06. The van der Waals surface area contributed by atoms with Crippen LogP contribution in [0.25, 0.3) is 16.8 Å². The topological polar surface area (TPSA) is 51.3 Å². The monoisotopic (exact) mass is 281 g/mol. The van der Waals surface area contributed by atoms with Crippen molar-refractivity contribution in [2.45, 2.75) is 27.2 Å². The molecule has 0 aliphatic carbocycles. The number of aliphatic imine (C=N–C) groups is 1. The minimum Gasteiger partial charge on any atom is -0.387 e.